The Bertz CT molecular complexity index is 1110. The van der Waals surface area contributed by atoms with Gasteiger partial charge >= 0.3 is 0 Å². The highest BCUT2D eigenvalue weighted by Gasteiger charge is 2.27. The number of aromatic hydroxyl groups is 1. The molecular formula is C29H41N5O2. The Morgan fingerprint density at radius 1 is 0.972 bits per heavy atom. The second-order valence-corrected chi connectivity index (χ2v) is 9.56. The number of phenols is 1. The summed E-state index contributed by atoms with van der Waals surface area (Å²) in [6.07, 6.45) is 0.866. The maximum atomic E-state index is 10.7. The van der Waals surface area contributed by atoms with E-state index in [2.05, 4.69) is 63.6 Å². The molecular weight excluding hydrogens is 450 g/mol. The monoisotopic (exact) mass is 491 g/mol. The molecule has 1 aromatic heterocycles. The average molecular weight is 492 g/mol. The summed E-state index contributed by atoms with van der Waals surface area (Å²) in [7, 11) is 1.74. The molecule has 0 spiro atoms. The van der Waals surface area contributed by atoms with Crippen LogP contribution >= 0.6 is 0 Å². The lowest BCUT2D eigenvalue weighted by Crippen LogP contribution is -2.47. The van der Waals surface area contributed by atoms with E-state index in [1.54, 1.807) is 7.11 Å². The molecule has 1 saturated heterocycles. The highest BCUT2D eigenvalue weighted by molar-refractivity contribution is 5.56. The number of benzene rings is 2. The van der Waals surface area contributed by atoms with E-state index in [0.717, 1.165) is 74.7 Å². The van der Waals surface area contributed by atoms with E-state index in [4.69, 9.17) is 9.84 Å². The van der Waals surface area contributed by atoms with Crippen molar-refractivity contribution in [2.75, 3.05) is 57.9 Å². The topological polar surface area (TPSA) is 57.0 Å². The Morgan fingerprint density at radius 2 is 1.72 bits per heavy atom. The van der Waals surface area contributed by atoms with Crippen molar-refractivity contribution in [3.8, 4) is 11.4 Å². The second-order valence-electron chi connectivity index (χ2n) is 9.56. The van der Waals surface area contributed by atoms with Crippen LogP contribution in [0.2, 0.25) is 0 Å². The van der Waals surface area contributed by atoms with Gasteiger partial charge in [-0.15, -0.1) is 0 Å². The van der Waals surface area contributed by atoms with Gasteiger partial charge in [-0.2, -0.15) is 5.10 Å². The first-order valence-corrected chi connectivity index (χ1v) is 13.2. The summed E-state index contributed by atoms with van der Waals surface area (Å²) in [5, 5.41) is 15.9. The number of rotatable bonds is 11. The van der Waals surface area contributed by atoms with Crippen LogP contribution in [0.25, 0.3) is 5.69 Å². The van der Waals surface area contributed by atoms with Gasteiger partial charge in [0.1, 0.15) is 11.6 Å². The van der Waals surface area contributed by atoms with E-state index in [0.29, 0.717) is 18.9 Å². The molecule has 0 saturated carbocycles. The Hall–Kier alpha value is -2.87. The molecule has 0 unspecified atom stereocenters. The largest absolute Gasteiger partial charge is 0.507 e. The first-order chi connectivity index (χ1) is 17.5. The standard InChI is InChI=1S/C29H41N5O2/c1-5-27-26(22-32(19-20-36-4)21-24-12-10-11-23(3)28(24)35)29(33-17-15-31(6-2)16-18-33)34(30-27)25-13-8-7-9-14-25/h7-14,35H,5-6,15-22H2,1-4H3. The van der Waals surface area contributed by atoms with Gasteiger partial charge in [0.2, 0.25) is 0 Å². The Balaban J connectivity index is 1.73. The molecule has 7 heteroatoms. The minimum absolute atomic E-state index is 0.381. The van der Waals surface area contributed by atoms with Crippen LogP contribution in [0.15, 0.2) is 48.5 Å². The SMILES string of the molecule is CCc1nn(-c2ccccc2)c(N2CCN(CC)CC2)c1CN(CCOC)Cc1cccc(C)c1O. The summed E-state index contributed by atoms with van der Waals surface area (Å²) in [6, 6.07) is 16.5. The number of likely N-dealkylation sites (N-methyl/N-ethyl adjacent to an activating group) is 1. The van der Waals surface area contributed by atoms with Gasteiger partial charge in [-0.3, -0.25) is 4.90 Å². The summed E-state index contributed by atoms with van der Waals surface area (Å²) in [4.78, 5) is 7.39. The number of hydrogen-bond acceptors (Lipinski definition) is 6. The summed E-state index contributed by atoms with van der Waals surface area (Å²) >= 11 is 0. The number of nitrogens with zero attached hydrogens (tertiary/aromatic N) is 5. The number of para-hydroxylation sites is 2. The van der Waals surface area contributed by atoms with Crippen LogP contribution in [-0.4, -0.2) is 77.7 Å². The summed E-state index contributed by atoms with van der Waals surface area (Å²) in [5.74, 6) is 1.58. The van der Waals surface area contributed by atoms with Crippen molar-refractivity contribution in [3.63, 3.8) is 0 Å². The zero-order valence-electron chi connectivity index (χ0n) is 22.3. The Morgan fingerprint density at radius 3 is 2.39 bits per heavy atom. The molecule has 0 radical (unpaired) electrons. The number of piperazine rings is 1. The van der Waals surface area contributed by atoms with Gasteiger partial charge in [-0.05, 0) is 37.6 Å². The van der Waals surface area contributed by atoms with Gasteiger partial charge in [-0.25, -0.2) is 4.68 Å². The van der Waals surface area contributed by atoms with Gasteiger partial charge in [-0.1, -0.05) is 50.2 Å². The van der Waals surface area contributed by atoms with Gasteiger partial charge in [0.15, 0.2) is 0 Å². The fraction of sp³-hybridized carbons (Fsp3) is 0.483. The fourth-order valence-electron chi connectivity index (χ4n) is 5.03. The van der Waals surface area contributed by atoms with E-state index in [1.165, 1.54) is 11.4 Å². The smallest absolute Gasteiger partial charge is 0.137 e. The van der Waals surface area contributed by atoms with Crippen molar-refractivity contribution in [2.24, 2.45) is 0 Å². The third kappa shape index (κ3) is 5.91. The van der Waals surface area contributed by atoms with Crippen molar-refractivity contribution >= 4 is 5.82 Å². The number of ether oxygens (including phenoxy) is 1. The minimum atomic E-state index is 0.381. The number of aromatic nitrogens is 2. The highest BCUT2D eigenvalue weighted by Crippen LogP contribution is 2.31. The molecule has 2 aromatic carbocycles. The third-order valence-corrected chi connectivity index (χ3v) is 7.20. The van der Waals surface area contributed by atoms with E-state index in [-0.39, 0.29) is 0 Å². The maximum Gasteiger partial charge on any atom is 0.137 e. The van der Waals surface area contributed by atoms with Crippen LogP contribution < -0.4 is 4.90 Å². The number of phenolic OH excluding ortho intramolecular Hbond substituents is 1. The molecule has 36 heavy (non-hydrogen) atoms. The van der Waals surface area contributed by atoms with Crippen LogP contribution in [0, 0.1) is 6.92 Å². The first kappa shape index (κ1) is 26.2. The molecule has 1 aliphatic rings. The van der Waals surface area contributed by atoms with Gasteiger partial charge in [0.05, 0.1) is 18.0 Å². The number of hydrogen-bond donors (Lipinski definition) is 1. The zero-order chi connectivity index (χ0) is 25.5. The van der Waals surface area contributed by atoms with E-state index < -0.39 is 0 Å². The van der Waals surface area contributed by atoms with Crippen LogP contribution in [0.3, 0.4) is 0 Å². The van der Waals surface area contributed by atoms with Crippen LogP contribution in [0.1, 0.15) is 36.2 Å². The van der Waals surface area contributed by atoms with Crippen LogP contribution in [0.5, 0.6) is 5.75 Å². The Kier molecular flexibility index (Phi) is 9.02. The zero-order valence-corrected chi connectivity index (χ0v) is 22.3. The minimum Gasteiger partial charge on any atom is -0.507 e. The third-order valence-electron chi connectivity index (χ3n) is 7.20. The number of anilines is 1. The Labute approximate surface area is 215 Å². The van der Waals surface area contributed by atoms with E-state index >= 15 is 0 Å². The molecule has 4 rings (SSSR count). The molecule has 7 nitrogen and oxygen atoms in total. The van der Waals surface area contributed by atoms with E-state index in [1.807, 2.05) is 25.1 Å². The van der Waals surface area contributed by atoms with Gasteiger partial charge in [0, 0.05) is 64.0 Å². The van der Waals surface area contributed by atoms with Crippen molar-refractivity contribution in [2.45, 2.75) is 40.3 Å². The number of methoxy groups -OCH3 is 1. The molecule has 3 aromatic rings. The fourth-order valence-corrected chi connectivity index (χ4v) is 5.03. The van der Waals surface area contributed by atoms with Crippen LogP contribution in [0.4, 0.5) is 5.82 Å². The molecule has 0 aliphatic carbocycles. The van der Waals surface area contributed by atoms with E-state index in [9.17, 15) is 5.11 Å². The molecule has 194 valence electrons. The summed E-state index contributed by atoms with van der Waals surface area (Å²) < 4.78 is 7.61. The summed E-state index contributed by atoms with van der Waals surface area (Å²) in [6.45, 7) is 14.3. The molecule has 1 aliphatic heterocycles. The van der Waals surface area contributed by atoms with Crippen molar-refractivity contribution in [1.82, 2.24) is 19.6 Å². The first-order valence-electron chi connectivity index (χ1n) is 13.2. The lowest BCUT2D eigenvalue weighted by molar-refractivity contribution is 0.139. The summed E-state index contributed by atoms with van der Waals surface area (Å²) in [5.41, 5.74) is 5.33. The molecule has 0 bridgehead atoms. The predicted octanol–water partition coefficient (Wildman–Crippen LogP) is 4.24. The maximum absolute atomic E-state index is 10.7. The molecule has 0 atom stereocenters. The molecule has 1 N–H and O–H groups in total. The average Bonchev–Trinajstić information content (AvgIpc) is 3.28. The van der Waals surface area contributed by atoms with Crippen molar-refractivity contribution in [3.05, 3.63) is 70.9 Å². The number of aryl methyl sites for hydroxylation is 2. The quantitative estimate of drug-likeness (QED) is 0.433. The van der Waals surface area contributed by atoms with Crippen molar-refractivity contribution < 1.29 is 9.84 Å². The van der Waals surface area contributed by atoms with Gasteiger partial charge < -0.3 is 19.6 Å². The molecule has 1 fully saturated rings. The second kappa shape index (κ2) is 12.4. The lowest BCUT2D eigenvalue weighted by atomic mass is 10.1. The molecule has 2 heterocycles. The normalized spacial score (nSPS) is 14.6. The van der Waals surface area contributed by atoms with Crippen LogP contribution in [-0.2, 0) is 24.2 Å². The highest BCUT2D eigenvalue weighted by atomic mass is 16.5. The predicted molar refractivity (Wildman–Crippen MR) is 146 cm³/mol. The van der Waals surface area contributed by atoms with Gasteiger partial charge in [0.25, 0.3) is 0 Å². The van der Waals surface area contributed by atoms with Crippen molar-refractivity contribution in [1.29, 1.82) is 0 Å². The molecule has 0 amide bonds. The lowest BCUT2D eigenvalue weighted by Gasteiger charge is -2.36.